The average molecular weight is 264 g/mol. The molecule has 2 aromatic heterocycles. The number of aryl methyl sites for hydroxylation is 1. The fourth-order valence-electron chi connectivity index (χ4n) is 1.77. The van der Waals surface area contributed by atoms with Gasteiger partial charge in [0.1, 0.15) is 0 Å². The molecule has 0 bridgehead atoms. The summed E-state index contributed by atoms with van der Waals surface area (Å²) in [6, 6.07) is 0. The molecule has 0 amide bonds. The summed E-state index contributed by atoms with van der Waals surface area (Å²) in [4.78, 5) is 23.4. The highest BCUT2D eigenvalue weighted by Gasteiger charge is 2.05. The van der Waals surface area contributed by atoms with E-state index in [0.717, 1.165) is 4.57 Å². The lowest BCUT2D eigenvalue weighted by Gasteiger charge is -2.08. The van der Waals surface area contributed by atoms with Crippen LogP contribution in [-0.2, 0) is 27.2 Å². The van der Waals surface area contributed by atoms with Crippen molar-refractivity contribution in [1.82, 2.24) is 29.4 Å². The largest absolute Gasteiger partial charge is 0.330 e. The predicted octanol–water partition coefficient (Wildman–Crippen LogP) is -1.53. The van der Waals surface area contributed by atoms with Gasteiger partial charge in [-0.3, -0.25) is 14.0 Å². The summed E-state index contributed by atoms with van der Waals surface area (Å²) in [5, 5.41) is 10.7. The predicted molar refractivity (Wildman–Crippen MR) is 68.7 cm³/mol. The van der Waals surface area contributed by atoms with Crippen LogP contribution in [-0.4, -0.2) is 30.7 Å². The quantitative estimate of drug-likeness (QED) is 0.662. The summed E-state index contributed by atoms with van der Waals surface area (Å²) >= 11 is 0. The van der Waals surface area contributed by atoms with Gasteiger partial charge < -0.3 is 9.88 Å². The number of rotatable bonds is 5. The number of aromatic nitrogens is 5. The molecule has 0 saturated heterocycles. The zero-order chi connectivity index (χ0) is 13.8. The van der Waals surface area contributed by atoms with E-state index in [-0.39, 0.29) is 11.2 Å². The molecule has 0 fully saturated rings. The van der Waals surface area contributed by atoms with Crippen LogP contribution >= 0.6 is 0 Å². The Hall–Kier alpha value is -2.22. The Bertz CT molecular complexity index is 655. The lowest BCUT2D eigenvalue weighted by Crippen LogP contribution is -2.39. The first-order chi connectivity index (χ1) is 9.09. The molecule has 0 aliphatic rings. The van der Waals surface area contributed by atoms with Crippen molar-refractivity contribution in [2.24, 2.45) is 14.1 Å². The normalized spacial score (nSPS) is 10.8. The molecule has 0 atom stereocenters. The lowest BCUT2D eigenvalue weighted by atomic mass is 10.3. The number of hydrogen-bond donors (Lipinski definition) is 1. The maximum Gasteiger partial charge on any atom is 0.330 e. The summed E-state index contributed by atoms with van der Waals surface area (Å²) in [5.74, 6) is 0. The summed E-state index contributed by atoms with van der Waals surface area (Å²) in [5.41, 5.74) is -0.0316. The molecule has 0 radical (unpaired) electrons. The van der Waals surface area contributed by atoms with Gasteiger partial charge in [-0.05, 0) is 0 Å². The molecule has 0 aliphatic carbocycles. The van der Waals surface area contributed by atoms with Crippen LogP contribution in [0.15, 0.2) is 28.2 Å². The molecule has 8 heteroatoms. The van der Waals surface area contributed by atoms with Gasteiger partial charge in [-0.15, -0.1) is 5.10 Å². The van der Waals surface area contributed by atoms with Gasteiger partial charge in [0.05, 0.1) is 12.7 Å². The van der Waals surface area contributed by atoms with E-state index in [1.165, 1.54) is 11.6 Å². The zero-order valence-corrected chi connectivity index (χ0v) is 10.9. The van der Waals surface area contributed by atoms with Gasteiger partial charge in [0, 0.05) is 45.1 Å². The first-order valence-corrected chi connectivity index (χ1v) is 5.90. The SMILES string of the molecule is Cn1cc(CNCCn2ccnn2)c(=O)n(C)c1=O. The van der Waals surface area contributed by atoms with Crippen molar-refractivity contribution in [2.45, 2.75) is 13.1 Å². The Labute approximate surface area is 109 Å². The Morgan fingerprint density at radius 2 is 2.11 bits per heavy atom. The van der Waals surface area contributed by atoms with Crippen LogP contribution in [0.25, 0.3) is 0 Å². The minimum absolute atomic E-state index is 0.267. The molecule has 19 heavy (non-hydrogen) atoms. The highest BCUT2D eigenvalue weighted by atomic mass is 16.2. The molecule has 0 spiro atoms. The zero-order valence-electron chi connectivity index (χ0n) is 10.9. The lowest BCUT2D eigenvalue weighted by molar-refractivity contribution is 0.535. The van der Waals surface area contributed by atoms with E-state index in [1.807, 2.05) is 0 Å². The van der Waals surface area contributed by atoms with Gasteiger partial charge in [-0.25, -0.2) is 4.79 Å². The minimum atomic E-state index is -0.323. The smallest absolute Gasteiger partial charge is 0.311 e. The Morgan fingerprint density at radius 1 is 1.32 bits per heavy atom. The summed E-state index contributed by atoms with van der Waals surface area (Å²) in [7, 11) is 3.10. The van der Waals surface area contributed by atoms with Crippen LogP contribution in [0.2, 0.25) is 0 Å². The monoisotopic (exact) mass is 264 g/mol. The third-order valence-electron chi connectivity index (χ3n) is 2.82. The summed E-state index contributed by atoms with van der Waals surface area (Å²) < 4.78 is 4.20. The van der Waals surface area contributed by atoms with E-state index in [2.05, 4.69) is 15.6 Å². The second kappa shape index (κ2) is 5.61. The molecule has 0 aromatic carbocycles. The molecule has 8 nitrogen and oxygen atoms in total. The molecule has 0 unspecified atom stereocenters. The van der Waals surface area contributed by atoms with Crippen LogP contribution in [0.5, 0.6) is 0 Å². The van der Waals surface area contributed by atoms with Crippen LogP contribution < -0.4 is 16.6 Å². The van der Waals surface area contributed by atoms with Crippen LogP contribution in [0.3, 0.4) is 0 Å². The maximum atomic E-state index is 11.8. The Morgan fingerprint density at radius 3 is 2.79 bits per heavy atom. The second-order valence-electron chi connectivity index (χ2n) is 4.25. The van der Waals surface area contributed by atoms with Gasteiger partial charge in [-0.2, -0.15) is 0 Å². The third kappa shape index (κ3) is 2.97. The van der Waals surface area contributed by atoms with E-state index >= 15 is 0 Å². The highest BCUT2D eigenvalue weighted by molar-refractivity contribution is 5.05. The van der Waals surface area contributed by atoms with Gasteiger partial charge >= 0.3 is 5.69 Å². The first-order valence-electron chi connectivity index (χ1n) is 5.90. The molecule has 102 valence electrons. The number of nitrogens with zero attached hydrogens (tertiary/aromatic N) is 5. The van der Waals surface area contributed by atoms with Crippen LogP contribution in [0, 0.1) is 0 Å². The molecule has 2 aromatic rings. The topological polar surface area (TPSA) is 86.7 Å². The van der Waals surface area contributed by atoms with Crippen LogP contribution in [0.1, 0.15) is 5.56 Å². The second-order valence-corrected chi connectivity index (χ2v) is 4.25. The van der Waals surface area contributed by atoms with E-state index < -0.39 is 0 Å². The van der Waals surface area contributed by atoms with Crippen molar-refractivity contribution >= 4 is 0 Å². The summed E-state index contributed by atoms with van der Waals surface area (Å²) in [6.45, 7) is 1.75. The fraction of sp³-hybridized carbons (Fsp3) is 0.455. The van der Waals surface area contributed by atoms with Crippen molar-refractivity contribution in [1.29, 1.82) is 0 Å². The Kier molecular flexibility index (Phi) is 3.91. The van der Waals surface area contributed by atoms with Gasteiger partial charge in [-0.1, -0.05) is 5.21 Å². The van der Waals surface area contributed by atoms with E-state index in [9.17, 15) is 9.59 Å². The molecule has 1 N–H and O–H groups in total. The van der Waals surface area contributed by atoms with Crippen molar-refractivity contribution in [3.63, 3.8) is 0 Å². The van der Waals surface area contributed by atoms with E-state index in [0.29, 0.717) is 25.2 Å². The maximum absolute atomic E-state index is 11.8. The summed E-state index contributed by atoms with van der Waals surface area (Å²) in [6.07, 6.45) is 4.95. The first kappa shape index (κ1) is 13.2. The molecule has 0 aliphatic heterocycles. The number of hydrogen-bond acceptors (Lipinski definition) is 5. The van der Waals surface area contributed by atoms with Crippen molar-refractivity contribution in [2.75, 3.05) is 6.54 Å². The highest BCUT2D eigenvalue weighted by Crippen LogP contribution is 1.87. The van der Waals surface area contributed by atoms with Crippen molar-refractivity contribution < 1.29 is 0 Å². The minimum Gasteiger partial charge on any atom is -0.311 e. The molecular formula is C11H16N6O2. The van der Waals surface area contributed by atoms with Gasteiger partial charge in [0.15, 0.2) is 0 Å². The number of nitrogens with one attached hydrogen (secondary N) is 1. The Balaban J connectivity index is 1.97. The van der Waals surface area contributed by atoms with Gasteiger partial charge in [0.2, 0.25) is 0 Å². The standard InChI is InChI=1S/C11H16N6O2/c1-15-8-9(10(18)16(2)11(15)19)7-12-3-5-17-6-4-13-14-17/h4,6,8,12H,3,5,7H2,1-2H3. The molecule has 2 heterocycles. The van der Waals surface area contributed by atoms with E-state index in [1.54, 1.807) is 30.3 Å². The van der Waals surface area contributed by atoms with Crippen molar-refractivity contribution in [3.05, 3.63) is 45.0 Å². The molecular weight excluding hydrogens is 248 g/mol. The average Bonchev–Trinajstić information content (AvgIpc) is 2.91. The third-order valence-corrected chi connectivity index (χ3v) is 2.82. The van der Waals surface area contributed by atoms with Crippen LogP contribution in [0.4, 0.5) is 0 Å². The fourth-order valence-corrected chi connectivity index (χ4v) is 1.77. The van der Waals surface area contributed by atoms with Crippen molar-refractivity contribution in [3.8, 4) is 0 Å². The van der Waals surface area contributed by atoms with E-state index in [4.69, 9.17) is 0 Å². The molecule has 0 saturated carbocycles. The molecule has 2 rings (SSSR count). The van der Waals surface area contributed by atoms with Gasteiger partial charge in [0.25, 0.3) is 5.56 Å².